The summed E-state index contributed by atoms with van der Waals surface area (Å²) in [4.78, 5) is 37.0. The maximum absolute atomic E-state index is 11.8. The van der Waals surface area contributed by atoms with Crippen molar-refractivity contribution < 1.29 is 19.5 Å². The molecule has 3 amide bonds. The molecular weight excluding hydrogens is 250 g/mol. The zero-order chi connectivity index (χ0) is 14.4. The first-order chi connectivity index (χ1) is 8.90. The summed E-state index contributed by atoms with van der Waals surface area (Å²) in [5.41, 5.74) is 0. The highest BCUT2D eigenvalue weighted by Crippen LogP contribution is 2.06. The number of nitrogens with zero attached hydrogens (tertiary/aromatic N) is 2. The third kappa shape index (κ3) is 5.15. The summed E-state index contributed by atoms with van der Waals surface area (Å²) in [5, 5.41) is 11.0. The zero-order valence-electron chi connectivity index (χ0n) is 11.4. The number of aliphatic carboxylic acids is 1. The van der Waals surface area contributed by atoms with E-state index < -0.39 is 5.97 Å². The van der Waals surface area contributed by atoms with E-state index in [1.807, 2.05) is 13.8 Å². The van der Waals surface area contributed by atoms with E-state index in [9.17, 15) is 14.4 Å². The first-order valence-corrected chi connectivity index (χ1v) is 6.42. The average Bonchev–Trinajstić information content (AvgIpc) is 2.30. The van der Waals surface area contributed by atoms with Crippen LogP contribution >= 0.6 is 0 Å². The van der Waals surface area contributed by atoms with Crippen LogP contribution in [0.5, 0.6) is 0 Å². The minimum Gasteiger partial charge on any atom is -0.481 e. The smallest absolute Gasteiger partial charge is 0.317 e. The third-order valence-electron chi connectivity index (χ3n) is 2.81. The Hall–Kier alpha value is -1.79. The number of rotatable bonds is 5. The molecule has 0 spiro atoms. The Balaban J connectivity index is 2.36. The van der Waals surface area contributed by atoms with Crippen LogP contribution in [0.1, 0.15) is 20.3 Å². The van der Waals surface area contributed by atoms with E-state index in [0.717, 1.165) is 0 Å². The van der Waals surface area contributed by atoms with Gasteiger partial charge in [0, 0.05) is 26.2 Å². The molecular formula is C12H21N3O4. The Morgan fingerprint density at radius 1 is 1.37 bits per heavy atom. The Bertz CT molecular complexity index is 357. The summed E-state index contributed by atoms with van der Waals surface area (Å²) in [6.07, 6.45) is -0.118. The van der Waals surface area contributed by atoms with E-state index in [4.69, 9.17) is 5.11 Å². The number of carboxylic acid groups (broad SMARTS) is 1. The van der Waals surface area contributed by atoms with Crippen molar-refractivity contribution in [1.82, 2.24) is 15.1 Å². The predicted octanol–water partition coefficient (Wildman–Crippen LogP) is -0.0291. The van der Waals surface area contributed by atoms with Crippen molar-refractivity contribution in [2.45, 2.75) is 20.3 Å². The van der Waals surface area contributed by atoms with E-state index in [0.29, 0.717) is 25.6 Å². The van der Waals surface area contributed by atoms with Crippen LogP contribution in [0.2, 0.25) is 0 Å². The summed E-state index contributed by atoms with van der Waals surface area (Å²) in [7, 11) is 0. The molecule has 7 nitrogen and oxygen atoms in total. The molecule has 1 fully saturated rings. The predicted molar refractivity (Wildman–Crippen MR) is 68.6 cm³/mol. The van der Waals surface area contributed by atoms with Crippen molar-refractivity contribution in [2.75, 3.05) is 32.7 Å². The van der Waals surface area contributed by atoms with E-state index in [1.165, 1.54) is 4.90 Å². The van der Waals surface area contributed by atoms with Gasteiger partial charge >= 0.3 is 12.0 Å². The topological polar surface area (TPSA) is 89.9 Å². The molecule has 1 heterocycles. The quantitative estimate of drug-likeness (QED) is 0.735. The SMILES string of the molecule is CC(C)CN1CCN(C(=O)NCCC(=O)O)CC1=O. The Morgan fingerprint density at radius 2 is 2.05 bits per heavy atom. The van der Waals surface area contributed by atoms with Crippen LogP contribution in [0.15, 0.2) is 0 Å². The van der Waals surface area contributed by atoms with Gasteiger partial charge in [0.1, 0.15) is 6.54 Å². The number of urea groups is 1. The normalized spacial score (nSPS) is 15.8. The fraction of sp³-hybridized carbons (Fsp3) is 0.750. The molecule has 1 saturated heterocycles. The van der Waals surface area contributed by atoms with Crippen molar-refractivity contribution >= 4 is 17.9 Å². The van der Waals surface area contributed by atoms with Gasteiger partial charge in [-0.15, -0.1) is 0 Å². The molecule has 0 aromatic carbocycles. The second-order valence-electron chi connectivity index (χ2n) is 5.03. The van der Waals surface area contributed by atoms with Crippen molar-refractivity contribution in [3.05, 3.63) is 0 Å². The summed E-state index contributed by atoms with van der Waals surface area (Å²) < 4.78 is 0. The number of hydrogen-bond acceptors (Lipinski definition) is 3. The number of amides is 3. The highest BCUT2D eigenvalue weighted by Gasteiger charge is 2.27. The van der Waals surface area contributed by atoms with Crippen molar-refractivity contribution in [3.63, 3.8) is 0 Å². The minimum atomic E-state index is -0.960. The van der Waals surface area contributed by atoms with Crippen molar-refractivity contribution in [3.8, 4) is 0 Å². The monoisotopic (exact) mass is 271 g/mol. The van der Waals surface area contributed by atoms with Gasteiger partial charge < -0.3 is 20.2 Å². The lowest BCUT2D eigenvalue weighted by Gasteiger charge is -2.35. The summed E-state index contributed by atoms with van der Waals surface area (Å²) in [6.45, 7) is 5.94. The molecule has 1 rings (SSSR count). The van der Waals surface area contributed by atoms with Gasteiger partial charge in [-0.2, -0.15) is 0 Å². The first kappa shape index (κ1) is 15.3. The number of hydrogen-bond donors (Lipinski definition) is 2. The molecule has 19 heavy (non-hydrogen) atoms. The largest absolute Gasteiger partial charge is 0.481 e. The molecule has 0 atom stereocenters. The fourth-order valence-electron chi connectivity index (χ4n) is 1.90. The Kier molecular flexibility index (Phi) is 5.59. The second-order valence-corrected chi connectivity index (χ2v) is 5.03. The maximum atomic E-state index is 11.8. The number of piperazine rings is 1. The van der Waals surface area contributed by atoms with Gasteiger partial charge in [0.2, 0.25) is 5.91 Å². The molecule has 0 aromatic heterocycles. The summed E-state index contributed by atoms with van der Waals surface area (Å²) in [6, 6.07) is -0.376. The molecule has 0 unspecified atom stereocenters. The van der Waals surface area contributed by atoms with Crippen LogP contribution < -0.4 is 5.32 Å². The van der Waals surface area contributed by atoms with Crippen LogP contribution in [-0.2, 0) is 9.59 Å². The molecule has 0 saturated carbocycles. The van der Waals surface area contributed by atoms with Crippen LogP contribution in [0, 0.1) is 5.92 Å². The van der Waals surface area contributed by atoms with Gasteiger partial charge in [-0.05, 0) is 5.92 Å². The van der Waals surface area contributed by atoms with Gasteiger partial charge in [0.25, 0.3) is 0 Å². The standard InChI is InChI=1S/C12H21N3O4/c1-9(2)7-14-5-6-15(8-10(14)16)12(19)13-4-3-11(17)18/h9H,3-8H2,1-2H3,(H,13,19)(H,17,18). The van der Waals surface area contributed by atoms with Crippen molar-refractivity contribution in [1.29, 1.82) is 0 Å². The first-order valence-electron chi connectivity index (χ1n) is 6.42. The van der Waals surface area contributed by atoms with Crippen LogP contribution in [0.3, 0.4) is 0 Å². The molecule has 0 aromatic rings. The zero-order valence-corrected chi connectivity index (χ0v) is 11.4. The molecule has 0 aliphatic carbocycles. The number of carboxylic acids is 1. The van der Waals surface area contributed by atoms with Crippen LogP contribution in [0.4, 0.5) is 4.79 Å². The number of nitrogens with one attached hydrogen (secondary N) is 1. The van der Waals surface area contributed by atoms with E-state index in [-0.39, 0.29) is 31.4 Å². The Morgan fingerprint density at radius 3 is 2.58 bits per heavy atom. The third-order valence-corrected chi connectivity index (χ3v) is 2.81. The lowest BCUT2D eigenvalue weighted by atomic mass is 10.2. The Labute approximate surface area is 112 Å². The van der Waals surface area contributed by atoms with Gasteiger partial charge in [0.15, 0.2) is 0 Å². The van der Waals surface area contributed by atoms with E-state index >= 15 is 0 Å². The molecule has 1 aliphatic rings. The summed E-state index contributed by atoms with van der Waals surface area (Å²) in [5.74, 6) is -0.619. The molecule has 0 bridgehead atoms. The fourth-order valence-corrected chi connectivity index (χ4v) is 1.90. The van der Waals surface area contributed by atoms with E-state index in [2.05, 4.69) is 5.32 Å². The van der Waals surface area contributed by atoms with Crippen LogP contribution in [0.25, 0.3) is 0 Å². The van der Waals surface area contributed by atoms with E-state index in [1.54, 1.807) is 4.90 Å². The molecule has 2 N–H and O–H groups in total. The highest BCUT2D eigenvalue weighted by atomic mass is 16.4. The lowest BCUT2D eigenvalue weighted by molar-refractivity contribution is -0.137. The van der Waals surface area contributed by atoms with Gasteiger partial charge in [-0.3, -0.25) is 9.59 Å². The lowest BCUT2D eigenvalue weighted by Crippen LogP contribution is -2.55. The highest BCUT2D eigenvalue weighted by molar-refractivity contribution is 5.85. The minimum absolute atomic E-state index is 0.0611. The average molecular weight is 271 g/mol. The molecule has 0 radical (unpaired) electrons. The van der Waals surface area contributed by atoms with Gasteiger partial charge in [-0.1, -0.05) is 13.8 Å². The van der Waals surface area contributed by atoms with Crippen LogP contribution in [-0.4, -0.2) is 65.5 Å². The van der Waals surface area contributed by atoms with Crippen molar-refractivity contribution in [2.24, 2.45) is 5.92 Å². The van der Waals surface area contributed by atoms with Gasteiger partial charge in [-0.25, -0.2) is 4.79 Å². The maximum Gasteiger partial charge on any atom is 0.317 e. The second kappa shape index (κ2) is 6.96. The summed E-state index contributed by atoms with van der Waals surface area (Å²) >= 11 is 0. The molecule has 1 aliphatic heterocycles. The molecule has 7 heteroatoms. The number of carbonyl (C=O) groups excluding carboxylic acids is 2. The van der Waals surface area contributed by atoms with Gasteiger partial charge in [0.05, 0.1) is 6.42 Å². The molecule has 108 valence electrons. The number of carbonyl (C=O) groups is 3.